The normalized spacial score (nSPS) is 15.7. The second-order valence-electron chi connectivity index (χ2n) is 6.16. The van der Waals surface area contributed by atoms with E-state index in [2.05, 4.69) is 0 Å². The van der Waals surface area contributed by atoms with E-state index in [9.17, 15) is 57.4 Å². The second-order valence-corrected chi connectivity index (χ2v) is 13.6. The van der Waals surface area contributed by atoms with Crippen LogP contribution in [-0.4, -0.2) is 61.6 Å². The third-order valence-electron chi connectivity index (χ3n) is 3.81. The van der Waals surface area contributed by atoms with Gasteiger partial charge in [0.25, 0.3) is 0 Å². The number of hydrogen-bond donors (Lipinski definition) is 8. The molecule has 27 heavy (non-hydrogen) atoms. The minimum absolute atomic E-state index is 0.0903. The van der Waals surface area contributed by atoms with Crippen molar-refractivity contribution in [3.63, 3.8) is 0 Å². The van der Waals surface area contributed by atoms with E-state index >= 15 is 0 Å². The molecule has 0 aromatic carbocycles. The van der Waals surface area contributed by atoms with Crippen molar-refractivity contribution in [1.29, 1.82) is 0 Å². The van der Waals surface area contributed by atoms with Crippen LogP contribution >= 0.6 is 30.4 Å². The zero-order chi connectivity index (χ0) is 21.8. The van der Waals surface area contributed by atoms with Gasteiger partial charge in [-0.25, -0.2) is 0 Å². The summed E-state index contributed by atoms with van der Waals surface area (Å²) in [6, 6.07) is 0. The molecule has 0 rings (SSSR count). The maximum Gasteiger partial charge on any atom is 0.355 e. The molecule has 0 amide bonds. The highest BCUT2D eigenvalue weighted by atomic mass is 31.2. The van der Waals surface area contributed by atoms with E-state index in [4.69, 9.17) is 0 Å². The Morgan fingerprint density at radius 3 is 1.26 bits per heavy atom. The highest BCUT2D eigenvalue weighted by Gasteiger charge is 2.58. The molecule has 0 radical (unpaired) electrons. The molecule has 164 valence electrons. The van der Waals surface area contributed by atoms with E-state index in [-0.39, 0.29) is 11.3 Å². The van der Waals surface area contributed by atoms with E-state index < -0.39 is 53.9 Å². The van der Waals surface area contributed by atoms with Crippen LogP contribution in [0.3, 0.4) is 0 Å². The molecule has 13 nitrogen and oxygen atoms in total. The molecule has 0 aliphatic carbocycles. The highest BCUT2D eigenvalue weighted by Crippen LogP contribution is 2.68. The Morgan fingerprint density at radius 2 is 1.04 bits per heavy atom. The second kappa shape index (κ2) is 10.0. The predicted molar refractivity (Wildman–Crippen MR) is 95.8 cm³/mol. The van der Waals surface area contributed by atoms with Crippen LogP contribution in [0, 0.1) is 5.92 Å². The van der Waals surface area contributed by atoms with Gasteiger partial charge in [-0.3, -0.25) is 23.2 Å². The van der Waals surface area contributed by atoms with Gasteiger partial charge in [0.05, 0.1) is 0 Å². The van der Waals surface area contributed by atoms with Crippen LogP contribution in [0.2, 0.25) is 0 Å². The van der Waals surface area contributed by atoms with Gasteiger partial charge in [-0.1, -0.05) is 33.1 Å². The Morgan fingerprint density at radius 1 is 0.704 bits per heavy atom. The van der Waals surface area contributed by atoms with Crippen molar-refractivity contribution in [3.05, 3.63) is 0 Å². The SMILES string of the molecule is CCCCC(CC)CN(C(P(=O)(O)O)P(=O)(O)O)C(P(=O)(O)O)P(=O)(O)O. The van der Waals surface area contributed by atoms with Gasteiger partial charge in [-0.2, -0.15) is 0 Å². The minimum atomic E-state index is -5.76. The molecule has 17 heteroatoms. The van der Waals surface area contributed by atoms with Crippen molar-refractivity contribution in [2.45, 2.75) is 50.6 Å². The zero-order valence-corrected chi connectivity index (χ0v) is 18.3. The summed E-state index contributed by atoms with van der Waals surface area (Å²) in [5.41, 5.74) is -6.21. The lowest BCUT2D eigenvalue weighted by Gasteiger charge is -2.39. The summed E-state index contributed by atoms with van der Waals surface area (Å²) >= 11 is 0. The van der Waals surface area contributed by atoms with Crippen LogP contribution in [0.15, 0.2) is 0 Å². The lowest BCUT2D eigenvalue weighted by atomic mass is 9.99. The largest absolute Gasteiger partial charge is 0.355 e. The first-order chi connectivity index (χ1) is 11.9. The van der Waals surface area contributed by atoms with E-state index in [0.29, 0.717) is 19.3 Å². The fourth-order valence-electron chi connectivity index (χ4n) is 2.69. The Kier molecular flexibility index (Phi) is 10.3. The number of hydrogen-bond acceptors (Lipinski definition) is 5. The fourth-order valence-corrected chi connectivity index (χ4v) is 8.70. The van der Waals surface area contributed by atoms with Crippen molar-refractivity contribution in [1.82, 2.24) is 4.90 Å². The maximum atomic E-state index is 11.7. The van der Waals surface area contributed by atoms with E-state index in [1.165, 1.54) is 0 Å². The van der Waals surface area contributed by atoms with Crippen molar-refractivity contribution >= 4 is 30.4 Å². The van der Waals surface area contributed by atoms with Gasteiger partial charge in [0.2, 0.25) is 11.0 Å². The molecular formula is C10H27NO12P4. The molecular weight excluding hydrogens is 450 g/mol. The first kappa shape index (κ1) is 27.6. The van der Waals surface area contributed by atoms with Gasteiger partial charge in [0, 0.05) is 6.54 Å². The van der Waals surface area contributed by atoms with Crippen molar-refractivity contribution in [2.75, 3.05) is 6.54 Å². The van der Waals surface area contributed by atoms with Crippen molar-refractivity contribution < 1.29 is 57.4 Å². The van der Waals surface area contributed by atoms with Crippen LogP contribution < -0.4 is 0 Å². The molecule has 0 saturated heterocycles. The number of unbranched alkanes of at least 4 members (excludes halogenated alkanes) is 1. The summed E-state index contributed by atoms with van der Waals surface area (Å²) in [6.07, 6.45) is 1.91. The van der Waals surface area contributed by atoms with Gasteiger partial charge in [0.1, 0.15) is 0 Å². The Bertz CT molecular complexity index is 569. The van der Waals surface area contributed by atoms with E-state index in [1.807, 2.05) is 6.92 Å². The molecule has 0 heterocycles. The molecule has 1 unspecified atom stereocenters. The van der Waals surface area contributed by atoms with E-state index in [0.717, 1.165) is 0 Å². The number of nitrogens with zero attached hydrogens (tertiary/aromatic N) is 1. The molecule has 8 N–H and O–H groups in total. The average molecular weight is 477 g/mol. The van der Waals surface area contributed by atoms with Crippen molar-refractivity contribution in [2.24, 2.45) is 5.92 Å². The zero-order valence-electron chi connectivity index (χ0n) is 14.7. The van der Waals surface area contributed by atoms with Gasteiger partial charge in [0.15, 0.2) is 0 Å². The van der Waals surface area contributed by atoms with Crippen LogP contribution in [0.25, 0.3) is 0 Å². The van der Waals surface area contributed by atoms with Crippen LogP contribution in [-0.2, 0) is 18.3 Å². The molecule has 0 bridgehead atoms. The highest BCUT2D eigenvalue weighted by molar-refractivity contribution is 7.72. The van der Waals surface area contributed by atoms with Crippen LogP contribution in [0.1, 0.15) is 39.5 Å². The molecule has 0 aliphatic heterocycles. The summed E-state index contributed by atoms with van der Waals surface area (Å²) in [5, 5.41) is 0. The quantitative estimate of drug-likeness (QED) is 0.182. The molecule has 0 fully saturated rings. The lowest BCUT2D eigenvalue weighted by Crippen LogP contribution is -2.45. The summed E-state index contributed by atoms with van der Waals surface area (Å²) < 4.78 is 46.9. The van der Waals surface area contributed by atoms with Gasteiger partial charge < -0.3 is 39.1 Å². The summed E-state index contributed by atoms with van der Waals surface area (Å²) in [4.78, 5) is 75.1. The average Bonchev–Trinajstić information content (AvgIpc) is 2.36. The lowest BCUT2D eigenvalue weighted by molar-refractivity contribution is 0.173. The number of rotatable bonds is 12. The molecule has 1 atom stereocenters. The first-order valence-electron chi connectivity index (χ1n) is 7.83. The Labute approximate surface area is 156 Å². The Hall–Kier alpha value is 0.560. The monoisotopic (exact) mass is 477 g/mol. The van der Waals surface area contributed by atoms with Crippen molar-refractivity contribution in [3.8, 4) is 0 Å². The molecule has 0 aliphatic rings. The molecule has 0 spiro atoms. The van der Waals surface area contributed by atoms with Gasteiger partial charge >= 0.3 is 30.4 Å². The topological polar surface area (TPSA) is 233 Å². The Balaban J connectivity index is 6.53. The smallest absolute Gasteiger partial charge is 0.323 e. The fraction of sp³-hybridized carbons (Fsp3) is 1.00. The van der Waals surface area contributed by atoms with Gasteiger partial charge in [-0.05, 0) is 12.3 Å². The predicted octanol–water partition coefficient (Wildman–Crippen LogP) is 0.783. The van der Waals surface area contributed by atoms with Gasteiger partial charge in [-0.15, -0.1) is 0 Å². The van der Waals surface area contributed by atoms with Crippen LogP contribution in [0.5, 0.6) is 0 Å². The summed E-state index contributed by atoms with van der Waals surface area (Å²) in [7, 11) is -23.1. The summed E-state index contributed by atoms with van der Waals surface area (Å²) in [5.74, 6) is -0.578. The standard InChI is InChI=1S/C10H27NO12P4/c1-3-5-6-8(4-2)7-11(9(24(12,13)14)25(15,16)17)10(26(18,19)20)27(21,22)23/h8-10H,3-7H2,1-2H3,(H2,12,13,14)(H2,15,16,17)(H2,18,19,20)(H2,21,22,23). The molecule has 0 aromatic rings. The third-order valence-corrected chi connectivity index (χ3v) is 11.0. The summed E-state index contributed by atoms with van der Waals surface area (Å²) in [6.45, 7) is 2.71. The first-order valence-corrected chi connectivity index (χ1v) is 14.6. The van der Waals surface area contributed by atoms with E-state index in [1.54, 1.807) is 6.92 Å². The molecule has 0 saturated carbocycles. The van der Waals surface area contributed by atoms with Crippen LogP contribution in [0.4, 0.5) is 0 Å². The molecule has 0 aromatic heterocycles. The minimum Gasteiger partial charge on any atom is -0.323 e. The maximum absolute atomic E-state index is 11.7. The third kappa shape index (κ3) is 8.84.